The molecule has 3 fully saturated rings. The molecule has 4 heterocycles. The number of hydrogen-bond acceptors (Lipinski definition) is 2. The third kappa shape index (κ3) is 2.52. The van der Waals surface area contributed by atoms with E-state index < -0.39 is 0 Å². The Morgan fingerprint density at radius 2 is 1.79 bits per heavy atom. The van der Waals surface area contributed by atoms with Crippen LogP contribution in [0.3, 0.4) is 0 Å². The molecule has 0 N–H and O–H groups in total. The smallest absolute Gasteiger partial charge is 0.0412 e. The lowest BCUT2D eigenvalue weighted by Crippen LogP contribution is -2.46. The van der Waals surface area contributed by atoms with Gasteiger partial charge < -0.3 is 4.90 Å². The van der Waals surface area contributed by atoms with Crippen molar-refractivity contribution in [2.75, 3.05) is 19.6 Å². The highest BCUT2D eigenvalue weighted by molar-refractivity contribution is 7.99. The molecule has 0 radical (unpaired) electrons. The van der Waals surface area contributed by atoms with Gasteiger partial charge in [-0.25, -0.2) is 0 Å². The minimum Gasteiger partial charge on any atom is -0.303 e. The van der Waals surface area contributed by atoms with Crippen LogP contribution in [-0.4, -0.2) is 24.5 Å². The van der Waals surface area contributed by atoms with E-state index in [1.807, 2.05) is 17.8 Å². The minimum atomic E-state index is 0.672. The summed E-state index contributed by atoms with van der Waals surface area (Å²) in [6.45, 7) is 3.80. The molecule has 1 atom stereocenters. The molecule has 3 heteroatoms. The Kier molecular flexibility index (Phi) is 3.73. The first-order chi connectivity index (χ1) is 11.8. The molecule has 0 amide bonds. The standard InChI is InChI=1S/C21H20ClNS/c22-16-5-6-21-19(12-16)18(17-3-1-2-4-20(17)24-21)11-15-13-23-9-7-14(15)8-10-23/h1-6,11-12,14-15H,7-10,13H2/b18-11+. The fourth-order valence-electron chi connectivity index (χ4n) is 4.44. The van der Waals surface area contributed by atoms with Crippen LogP contribution in [0.5, 0.6) is 0 Å². The van der Waals surface area contributed by atoms with Gasteiger partial charge in [-0.15, -0.1) is 0 Å². The predicted molar refractivity (Wildman–Crippen MR) is 102 cm³/mol. The Bertz CT molecular complexity index is 820. The molecule has 122 valence electrons. The Morgan fingerprint density at radius 1 is 1.00 bits per heavy atom. The van der Waals surface area contributed by atoms with Crippen LogP contribution in [0.4, 0.5) is 0 Å². The minimum absolute atomic E-state index is 0.672. The van der Waals surface area contributed by atoms with Gasteiger partial charge in [-0.1, -0.05) is 47.6 Å². The molecule has 2 aromatic rings. The SMILES string of the molecule is Clc1ccc2c(c1)/C(=C/C1CN3CCC1CC3)c1ccccc1S2. The second-order valence-corrected chi connectivity index (χ2v) is 8.64. The van der Waals surface area contributed by atoms with E-state index in [-0.39, 0.29) is 0 Å². The summed E-state index contributed by atoms with van der Waals surface area (Å²) in [5, 5.41) is 0.827. The molecule has 24 heavy (non-hydrogen) atoms. The van der Waals surface area contributed by atoms with E-state index in [0.29, 0.717) is 5.92 Å². The first-order valence-electron chi connectivity index (χ1n) is 8.79. The zero-order valence-electron chi connectivity index (χ0n) is 13.5. The van der Waals surface area contributed by atoms with Gasteiger partial charge in [-0.2, -0.15) is 0 Å². The lowest BCUT2D eigenvalue weighted by atomic mass is 9.77. The fraction of sp³-hybridized carbons (Fsp3) is 0.333. The number of halogens is 1. The second-order valence-electron chi connectivity index (χ2n) is 7.12. The summed E-state index contributed by atoms with van der Waals surface area (Å²) in [4.78, 5) is 5.31. The molecular formula is C21H20ClNS. The average Bonchev–Trinajstić information content (AvgIpc) is 2.63. The van der Waals surface area contributed by atoms with Crippen LogP contribution in [0.15, 0.2) is 58.3 Å². The molecule has 2 bridgehead atoms. The Balaban J connectivity index is 1.64. The number of rotatable bonds is 1. The van der Waals surface area contributed by atoms with Crippen molar-refractivity contribution in [1.82, 2.24) is 4.90 Å². The van der Waals surface area contributed by atoms with Crippen LogP contribution in [0.1, 0.15) is 24.0 Å². The van der Waals surface area contributed by atoms with Gasteiger partial charge in [0, 0.05) is 21.4 Å². The zero-order chi connectivity index (χ0) is 16.1. The molecule has 0 aromatic heterocycles. The quantitative estimate of drug-likeness (QED) is 0.562. The van der Waals surface area contributed by atoms with Crippen LogP contribution >= 0.6 is 23.4 Å². The molecule has 1 nitrogen and oxygen atoms in total. The number of piperidine rings is 3. The van der Waals surface area contributed by atoms with E-state index in [4.69, 9.17) is 11.6 Å². The van der Waals surface area contributed by atoms with Gasteiger partial charge in [-0.05, 0) is 78.7 Å². The summed E-state index contributed by atoms with van der Waals surface area (Å²) in [6.07, 6.45) is 5.27. The van der Waals surface area contributed by atoms with Crippen LogP contribution < -0.4 is 0 Å². The summed E-state index contributed by atoms with van der Waals surface area (Å²) in [6, 6.07) is 15.1. The van der Waals surface area contributed by atoms with Crippen molar-refractivity contribution < 1.29 is 0 Å². The van der Waals surface area contributed by atoms with E-state index in [0.717, 1.165) is 10.9 Å². The van der Waals surface area contributed by atoms with Gasteiger partial charge in [0.25, 0.3) is 0 Å². The van der Waals surface area contributed by atoms with Crippen molar-refractivity contribution in [1.29, 1.82) is 0 Å². The van der Waals surface area contributed by atoms with Crippen LogP contribution in [-0.2, 0) is 0 Å². The number of hydrogen-bond donors (Lipinski definition) is 0. The number of benzene rings is 2. The molecule has 6 rings (SSSR count). The summed E-state index contributed by atoms with van der Waals surface area (Å²) in [5.74, 6) is 1.53. The maximum atomic E-state index is 6.33. The van der Waals surface area contributed by atoms with Crippen molar-refractivity contribution in [3.8, 4) is 0 Å². The molecular weight excluding hydrogens is 334 g/mol. The topological polar surface area (TPSA) is 3.24 Å². The van der Waals surface area contributed by atoms with Crippen LogP contribution in [0.2, 0.25) is 5.02 Å². The first-order valence-corrected chi connectivity index (χ1v) is 9.99. The van der Waals surface area contributed by atoms with Gasteiger partial charge in [0.15, 0.2) is 0 Å². The van der Waals surface area contributed by atoms with E-state index in [9.17, 15) is 0 Å². The monoisotopic (exact) mass is 353 g/mol. The molecule has 3 saturated heterocycles. The number of fused-ring (bicyclic) bond motifs is 5. The average molecular weight is 354 g/mol. The summed E-state index contributed by atoms with van der Waals surface area (Å²) < 4.78 is 0. The van der Waals surface area contributed by atoms with Crippen molar-refractivity contribution in [2.24, 2.45) is 11.8 Å². The predicted octanol–water partition coefficient (Wildman–Crippen LogP) is 5.58. The molecule has 0 aliphatic carbocycles. The summed E-state index contributed by atoms with van der Waals surface area (Å²) >= 11 is 8.19. The van der Waals surface area contributed by atoms with Gasteiger partial charge in [0.1, 0.15) is 0 Å². The van der Waals surface area contributed by atoms with Crippen LogP contribution in [0.25, 0.3) is 5.57 Å². The molecule has 1 unspecified atom stereocenters. The van der Waals surface area contributed by atoms with E-state index in [2.05, 4.69) is 47.4 Å². The summed E-state index contributed by atoms with van der Waals surface area (Å²) in [5.41, 5.74) is 4.07. The number of nitrogens with zero attached hydrogens (tertiary/aromatic N) is 1. The van der Waals surface area contributed by atoms with Gasteiger partial charge in [0.2, 0.25) is 0 Å². The molecule has 2 aromatic carbocycles. The van der Waals surface area contributed by atoms with E-state index in [1.165, 1.54) is 59.0 Å². The molecule has 0 spiro atoms. The van der Waals surface area contributed by atoms with Crippen molar-refractivity contribution in [3.05, 3.63) is 64.7 Å². The van der Waals surface area contributed by atoms with Gasteiger partial charge in [-0.3, -0.25) is 0 Å². The van der Waals surface area contributed by atoms with Crippen molar-refractivity contribution in [3.63, 3.8) is 0 Å². The maximum absolute atomic E-state index is 6.33. The third-order valence-electron chi connectivity index (χ3n) is 5.72. The summed E-state index contributed by atoms with van der Waals surface area (Å²) in [7, 11) is 0. The molecule has 0 saturated carbocycles. The maximum Gasteiger partial charge on any atom is 0.0412 e. The first kappa shape index (κ1) is 15.1. The fourth-order valence-corrected chi connectivity index (χ4v) is 5.70. The highest BCUT2D eigenvalue weighted by Gasteiger charge is 2.34. The Hall–Kier alpha value is -1.22. The second kappa shape index (κ2) is 5.94. The highest BCUT2D eigenvalue weighted by atomic mass is 35.5. The van der Waals surface area contributed by atoms with Gasteiger partial charge >= 0.3 is 0 Å². The van der Waals surface area contributed by atoms with Crippen molar-refractivity contribution >= 4 is 28.9 Å². The zero-order valence-corrected chi connectivity index (χ0v) is 15.1. The van der Waals surface area contributed by atoms with Crippen molar-refractivity contribution in [2.45, 2.75) is 22.6 Å². The van der Waals surface area contributed by atoms with Gasteiger partial charge in [0.05, 0.1) is 0 Å². The highest BCUT2D eigenvalue weighted by Crippen LogP contribution is 2.47. The Morgan fingerprint density at radius 3 is 2.58 bits per heavy atom. The van der Waals surface area contributed by atoms with E-state index in [1.54, 1.807) is 0 Å². The lowest BCUT2D eigenvalue weighted by Gasteiger charge is -2.44. The molecule has 4 aliphatic heterocycles. The van der Waals surface area contributed by atoms with E-state index >= 15 is 0 Å². The van der Waals surface area contributed by atoms with Crippen LogP contribution in [0, 0.1) is 11.8 Å². The third-order valence-corrected chi connectivity index (χ3v) is 7.10. The lowest BCUT2D eigenvalue weighted by molar-refractivity contribution is 0.0738. The normalized spacial score (nSPS) is 29.4. The Labute approximate surface area is 152 Å². The largest absolute Gasteiger partial charge is 0.303 e. The molecule has 4 aliphatic rings.